The second-order valence-electron chi connectivity index (χ2n) is 5.36. The molecule has 148 valence electrons. The fourth-order valence-electron chi connectivity index (χ4n) is 2.06. The summed E-state index contributed by atoms with van der Waals surface area (Å²) in [6.07, 6.45) is 1.57. The Morgan fingerprint density at radius 3 is 2.68 bits per heavy atom. The van der Waals surface area contributed by atoms with Gasteiger partial charge in [-0.15, -0.1) is 5.10 Å². The number of benzene rings is 2. The third-order valence-corrected chi connectivity index (χ3v) is 5.06. The zero-order valence-electron chi connectivity index (χ0n) is 15.4. The third-order valence-electron chi connectivity index (χ3n) is 3.41. The van der Waals surface area contributed by atoms with Gasteiger partial charge in [0.2, 0.25) is 0 Å². The van der Waals surface area contributed by atoms with Crippen LogP contribution in [0.25, 0.3) is 0 Å². The first-order valence-electron chi connectivity index (χ1n) is 8.14. The van der Waals surface area contributed by atoms with Gasteiger partial charge in [-0.05, 0) is 45.9 Å². The van der Waals surface area contributed by atoms with E-state index in [2.05, 4.69) is 37.5 Å². The summed E-state index contributed by atoms with van der Waals surface area (Å²) < 4.78 is 16.2. The highest BCUT2D eigenvalue weighted by Gasteiger charge is 2.13. The Bertz CT molecular complexity index is 860. The second kappa shape index (κ2) is 11.5. The van der Waals surface area contributed by atoms with E-state index in [1.165, 1.54) is 26.0 Å². The number of amidine groups is 1. The normalized spacial score (nSPS) is 11.5. The Balaban J connectivity index is 2.02. The summed E-state index contributed by atoms with van der Waals surface area (Å²) in [6, 6.07) is 13.6. The van der Waals surface area contributed by atoms with Gasteiger partial charge in [0.25, 0.3) is 0 Å². The molecule has 28 heavy (non-hydrogen) atoms. The molecule has 2 aromatic rings. The number of carbonyl (C=O) groups excluding carboxylic acids is 1. The Morgan fingerprint density at radius 2 is 2.00 bits per heavy atom. The van der Waals surface area contributed by atoms with E-state index in [0.717, 1.165) is 20.4 Å². The van der Waals surface area contributed by atoms with Crippen molar-refractivity contribution in [2.75, 3.05) is 20.8 Å². The number of thioether (sulfide) groups is 1. The summed E-state index contributed by atoms with van der Waals surface area (Å²) in [6.45, 7) is -0.199. The maximum atomic E-state index is 11.3. The van der Waals surface area contributed by atoms with Gasteiger partial charge in [0.15, 0.2) is 23.3 Å². The quantitative estimate of drug-likeness (QED) is 0.191. The van der Waals surface area contributed by atoms with E-state index in [1.807, 2.05) is 36.4 Å². The van der Waals surface area contributed by atoms with Crippen LogP contribution < -0.4 is 15.2 Å². The molecule has 0 aliphatic carbocycles. The molecule has 0 aliphatic rings. The van der Waals surface area contributed by atoms with E-state index in [4.69, 9.17) is 15.2 Å². The van der Waals surface area contributed by atoms with E-state index in [-0.39, 0.29) is 6.61 Å². The van der Waals surface area contributed by atoms with Crippen molar-refractivity contribution < 1.29 is 19.0 Å². The minimum Gasteiger partial charge on any atom is -0.493 e. The number of methoxy groups -OCH3 is 2. The number of halogens is 1. The molecule has 0 aromatic heterocycles. The molecule has 0 radical (unpaired) electrons. The average molecular weight is 513 g/mol. The van der Waals surface area contributed by atoms with Crippen LogP contribution in [0.5, 0.6) is 11.5 Å². The van der Waals surface area contributed by atoms with Crippen molar-refractivity contribution in [2.24, 2.45) is 15.9 Å². The number of rotatable bonds is 8. The van der Waals surface area contributed by atoms with Crippen molar-refractivity contribution in [2.45, 2.75) is 5.75 Å². The Hall–Kier alpha value is -2.27. The molecule has 9 heteroatoms. The van der Waals surface area contributed by atoms with Crippen LogP contribution in [0.2, 0.25) is 0 Å². The first-order chi connectivity index (χ1) is 13.5. The van der Waals surface area contributed by atoms with Crippen molar-refractivity contribution in [1.82, 2.24) is 0 Å². The number of hydrogen-bond donors (Lipinski definition) is 1. The smallest absolute Gasteiger partial charge is 0.343 e. The van der Waals surface area contributed by atoms with Crippen LogP contribution in [0.3, 0.4) is 0 Å². The van der Waals surface area contributed by atoms with Crippen molar-refractivity contribution in [3.63, 3.8) is 0 Å². The van der Waals surface area contributed by atoms with Gasteiger partial charge < -0.3 is 19.9 Å². The summed E-state index contributed by atoms with van der Waals surface area (Å²) in [5.41, 5.74) is 7.81. The third kappa shape index (κ3) is 7.04. The Kier molecular flexibility index (Phi) is 9.08. The molecule has 0 unspecified atom stereocenters. The summed E-state index contributed by atoms with van der Waals surface area (Å²) >= 11 is 3.51. The summed E-state index contributed by atoms with van der Waals surface area (Å²) in [5.74, 6) is 1.20. The molecule has 0 saturated heterocycles. The highest BCUT2D eigenvalue weighted by atomic mass is 127. The van der Waals surface area contributed by atoms with E-state index in [1.54, 1.807) is 12.3 Å². The zero-order chi connectivity index (χ0) is 20.4. The monoisotopic (exact) mass is 513 g/mol. The van der Waals surface area contributed by atoms with Crippen LogP contribution in [0.15, 0.2) is 52.7 Å². The lowest BCUT2D eigenvalue weighted by molar-refractivity contribution is -0.142. The number of ether oxygens (including phenoxy) is 3. The number of carbonyl (C=O) groups is 1. The first-order valence-corrected chi connectivity index (χ1v) is 10.2. The molecule has 2 rings (SSSR count). The number of esters is 1. The Labute approximate surface area is 181 Å². The molecule has 0 spiro atoms. The molecule has 0 heterocycles. The molecule has 0 saturated carbocycles. The molecular weight excluding hydrogens is 493 g/mol. The van der Waals surface area contributed by atoms with E-state index >= 15 is 0 Å². The predicted octanol–water partition coefficient (Wildman–Crippen LogP) is 3.43. The van der Waals surface area contributed by atoms with E-state index in [0.29, 0.717) is 16.7 Å². The molecule has 2 N–H and O–H groups in total. The molecule has 0 aliphatic heterocycles. The van der Waals surface area contributed by atoms with Crippen molar-refractivity contribution in [1.29, 1.82) is 0 Å². The predicted molar refractivity (Wildman–Crippen MR) is 120 cm³/mol. The van der Waals surface area contributed by atoms with Crippen molar-refractivity contribution >= 4 is 51.7 Å². The zero-order valence-corrected chi connectivity index (χ0v) is 18.4. The summed E-state index contributed by atoms with van der Waals surface area (Å²) in [4.78, 5) is 11.3. The minimum absolute atomic E-state index is 0.199. The van der Waals surface area contributed by atoms with Gasteiger partial charge in [-0.2, -0.15) is 5.10 Å². The second-order valence-corrected chi connectivity index (χ2v) is 7.51. The maximum absolute atomic E-state index is 11.3. The number of hydrogen-bond acceptors (Lipinski definition) is 7. The summed E-state index contributed by atoms with van der Waals surface area (Å²) in [7, 11) is 2.82. The van der Waals surface area contributed by atoms with Crippen molar-refractivity contribution in [3.8, 4) is 11.5 Å². The van der Waals surface area contributed by atoms with Gasteiger partial charge in [0, 0.05) is 5.75 Å². The van der Waals surface area contributed by atoms with Gasteiger partial charge in [0.1, 0.15) is 0 Å². The molecule has 0 bridgehead atoms. The topological polar surface area (TPSA) is 95.5 Å². The van der Waals surface area contributed by atoms with Crippen LogP contribution in [0, 0.1) is 3.57 Å². The van der Waals surface area contributed by atoms with E-state index < -0.39 is 5.97 Å². The van der Waals surface area contributed by atoms with Gasteiger partial charge in [-0.25, -0.2) is 4.79 Å². The van der Waals surface area contributed by atoms with Crippen LogP contribution in [-0.2, 0) is 15.3 Å². The highest BCUT2D eigenvalue weighted by Crippen LogP contribution is 2.33. The fourth-order valence-corrected chi connectivity index (χ4v) is 3.45. The van der Waals surface area contributed by atoms with Crippen LogP contribution in [-0.4, -0.2) is 38.2 Å². The SMILES string of the molecule is COC(=O)COc1c(I)cc(C=NN=C(N)SCc2ccccc2)cc1OC. The Morgan fingerprint density at radius 1 is 1.25 bits per heavy atom. The maximum Gasteiger partial charge on any atom is 0.343 e. The highest BCUT2D eigenvalue weighted by molar-refractivity contribution is 14.1. The van der Waals surface area contributed by atoms with Crippen LogP contribution in [0.4, 0.5) is 0 Å². The average Bonchev–Trinajstić information content (AvgIpc) is 2.71. The molecule has 0 atom stereocenters. The molecule has 0 amide bonds. The van der Waals surface area contributed by atoms with E-state index in [9.17, 15) is 4.79 Å². The molecule has 7 nitrogen and oxygen atoms in total. The number of nitrogens with two attached hydrogens (primary N) is 1. The van der Waals surface area contributed by atoms with Crippen LogP contribution in [0.1, 0.15) is 11.1 Å². The fraction of sp³-hybridized carbons (Fsp3) is 0.211. The lowest BCUT2D eigenvalue weighted by atomic mass is 10.2. The minimum atomic E-state index is -0.471. The molecule has 2 aromatic carbocycles. The van der Waals surface area contributed by atoms with Gasteiger partial charge in [0.05, 0.1) is 24.0 Å². The van der Waals surface area contributed by atoms with Crippen LogP contribution >= 0.6 is 34.4 Å². The lowest BCUT2D eigenvalue weighted by Gasteiger charge is -2.12. The molecule has 0 fully saturated rings. The standard InChI is InChI=1S/C19H20IN3O4S/c1-25-16-9-14(8-15(20)18(16)27-11-17(24)26-2)10-22-23-19(21)28-12-13-6-4-3-5-7-13/h3-10H,11-12H2,1-2H3,(H2,21,23). The number of nitrogens with zero attached hydrogens (tertiary/aromatic N) is 2. The van der Waals surface area contributed by atoms with Gasteiger partial charge in [-0.3, -0.25) is 0 Å². The van der Waals surface area contributed by atoms with Gasteiger partial charge in [-0.1, -0.05) is 42.1 Å². The van der Waals surface area contributed by atoms with Gasteiger partial charge >= 0.3 is 5.97 Å². The first kappa shape index (κ1) is 22.0. The summed E-state index contributed by atoms with van der Waals surface area (Å²) in [5, 5.41) is 8.41. The van der Waals surface area contributed by atoms with Crippen molar-refractivity contribution in [3.05, 3.63) is 57.2 Å². The molecular formula is C19H20IN3O4S. The lowest BCUT2D eigenvalue weighted by Crippen LogP contribution is -2.13. The largest absolute Gasteiger partial charge is 0.493 e.